The summed E-state index contributed by atoms with van der Waals surface area (Å²) in [7, 11) is 0. The lowest BCUT2D eigenvalue weighted by Crippen LogP contribution is -1.80. The predicted octanol–water partition coefficient (Wildman–Crippen LogP) is 3.55. The number of pyridine rings is 1. The Morgan fingerprint density at radius 1 is 1.38 bits per heavy atom. The highest BCUT2D eigenvalue weighted by Crippen LogP contribution is 2.21. The van der Waals surface area contributed by atoms with E-state index in [4.69, 9.17) is 11.6 Å². The molecule has 3 heteroatoms. The molecule has 2 rings (SSSR count). The third-order valence-corrected chi connectivity index (χ3v) is 2.04. The summed E-state index contributed by atoms with van der Waals surface area (Å²) in [5.41, 5.74) is 2.07. The molecule has 2 aromatic rings. The Morgan fingerprint density at radius 3 is 2.69 bits per heavy atom. The molecule has 0 amide bonds. The number of aryl methyl sites for hydroxylation is 1. The second-order valence-electron chi connectivity index (χ2n) is 2.50. The fourth-order valence-corrected chi connectivity index (χ4v) is 1.36. The zero-order valence-electron chi connectivity index (χ0n) is 8.06. The summed E-state index contributed by atoms with van der Waals surface area (Å²) < 4.78 is 0. The quantitative estimate of drug-likeness (QED) is 0.642. The van der Waals surface area contributed by atoms with Gasteiger partial charge >= 0.3 is 0 Å². The molecule has 0 unspecified atom stereocenters. The number of aromatic amines is 1. The van der Waals surface area contributed by atoms with Crippen LogP contribution in [0.5, 0.6) is 0 Å². The van der Waals surface area contributed by atoms with Gasteiger partial charge in [-0.3, -0.25) is 0 Å². The van der Waals surface area contributed by atoms with Crippen LogP contribution in [0.4, 0.5) is 0 Å². The lowest BCUT2D eigenvalue weighted by Gasteiger charge is -1.95. The van der Waals surface area contributed by atoms with Gasteiger partial charge in [-0.25, -0.2) is 4.98 Å². The normalized spacial score (nSPS) is 9.54. The van der Waals surface area contributed by atoms with Gasteiger partial charge in [0.2, 0.25) is 0 Å². The third-order valence-electron chi connectivity index (χ3n) is 1.75. The van der Waals surface area contributed by atoms with Crippen molar-refractivity contribution >= 4 is 22.5 Å². The SMILES string of the molecule is CC.Cc1cnc(Cl)c2[nH]ccc12. The van der Waals surface area contributed by atoms with Crippen LogP contribution in [-0.4, -0.2) is 9.97 Å². The van der Waals surface area contributed by atoms with Gasteiger partial charge in [0.1, 0.15) is 0 Å². The van der Waals surface area contributed by atoms with Gasteiger partial charge in [-0.2, -0.15) is 0 Å². The van der Waals surface area contributed by atoms with Gasteiger partial charge in [0.25, 0.3) is 0 Å². The average molecular weight is 197 g/mol. The molecule has 0 atom stereocenters. The minimum absolute atomic E-state index is 0.538. The minimum Gasteiger partial charge on any atom is -0.359 e. The molecule has 13 heavy (non-hydrogen) atoms. The Morgan fingerprint density at radius 2 is 2.08 bits per heavy atom. The molecule has 0 saturated carbocycles. The molecule has 0 fully saturated rings. The molecule has 0 spiro atoms. The van der Waals surface area contributed by atoms with E-state index in [1.807, 2.05) is 33.0 Å². The molecule has 0 aromatic carbocycles. The lowest BCUT2D eigenvalue weighted by molar-refractivity contribution is 1.29. The molecule has 2 nitrogen and oxygen atoms in total. The summed E-state index contributed by atoms with van der Waals surface area (Å²) >= 11 is 5.83. The largest absolute Gasteiger partial charge is 0.359 e. The summed E-state index contributed by atoms with van der Waals surface area (Å²) in [5, 5.41) is 1.68. The van der Waals surface area contributed by atoms with E-state index in [1.54, 1.807) is 6.20 Å². The van der Waals surface area contributed by atoms with Gasteiger partial charge in [0.05, 0.1) is 5.52 Å². The molecule has 70 valence electrons. The van der Waals surface area contributed by atoms with Crippen molar-refractivity contribution in [3.05, 3.63) is 29.2 Å². The Balaban J connectivity index is 0.000000396. The van der Waals surface area contributed by atoms with E-state index in [0.29, 0.717) is 5.15 Å². The minimum atomic E-state index is 0.538. The Kier molecular flexibility index (Phi) is 3.32. The number of nitrogens with one attached hydrogen (secondary N) is 1. The second kappa shape index (κ2) is 4.28. The highest BCUT2D eigenvalue weighted by atomic mass is 35.5. The third kappa shape index (κ3) is 1.83. The standard InChI is InChI=1S/C8H7ClN2.C2H6/c1-5-4-11-8(9)7-6(5)2-3-10-7;1-2/h2-4,10H,1H3;1-2H3. The number of nitrogens with zero attached hydrogens (tertiary/aromatic N) is 1. The van der Waals surface area contributed by atoms with Gasteiger partial charge in [-0.15, -0.1) is 0 Å². The van der Waals surface area contributed by atoms with Crippen LogP contribution < -0.4 is 0 Å². The van der Waals surface area contributed by atoms with Crippen molar-refractivity contribution in [1.29, 1.82) is 0 Å². The van der Waals surface area contributed by atoms with E-state index in [-0.39, 0.29) is 0 Å². The summed E-state index contributed by atoms with van der Waals surface area (Å²) in [6, 6.07) is 2.00. The maximum absolute atomic E-state index is 5.83. The number of halogens is 1. The summed E-state index contributed by atoms with van der Waals surface area (Å²) in [5.74, 6) is 0. The summed E-state index contributed by atoms with van der Waals surface area (Å²) in [4.78, 5) is 7.05. The Bertz CT molecular complexity index is 357. The first-order valence-electron chi connectivity index (χ1n) is 4.37. The average Bonchev–Trinajstić information content (AvgIpc) is 2.64. The molecule has 0 radical (unpaired) electrons. The summed E-state index contributed by atoms with van der Waals surface area (Å²) in [6.07, 6.45) is 3.64. The molecule has 2 aromatic heterocycles. The van der Waals surface area contributed by atoms with Crippen LogP contribution in [0.1, 0.15) is 19.4 Å². The number of rotatable bonds is 0. The zero-order chi connectivity index (χ0) is 9.84. The van der Waals surface area contributed by atoms with Crippen LogP contribution >= 0.6 is 11.6 Å². The van der Waals surface area contributed by atoms with E-state index >= 15 is 0 Å². The van der Waals surface area contributed by atoms with Crippen molar-refractivity contribution < 1.29 is 0 Å². The first-order chi connectivity index (χ1) is 6.29. The molecule has 2 heterocycles. The van der Waals surface area contributed by atoms with E-state index in [2.05, 4.69) is 9.97 Å². The van der Waals surface area contributed by atoms with Crippen molar-refractivity contribution in [3.63, 3.8) is 0 Å². The number of hydrogen-bond acceptors (Lipinski definition) is 1. The number of aromatic nitrogens is 2. The van der Waals surface area contributed by atoms with Crippen molar-refractivity contribution in [1.82, 2.24) is 9.97 Å². The van der Waals surface area contributed by atoms with Crippen LogP contribution in [0.3, 0.4) is 0 Å². The first-order valence-corrected chi connectivity index (χ1v) is 4.75. The highest BCUT2D eigenvalue weighted by Gasteiger charge is 2.02. The van der Waals surface area contributed by atoms with Gasteiger partial charge in [-0.1, -0.05) is 25.4 Å². The van der Waals surface area contributed by atoms with Crippen LogP contribution in [0.25, 0.3) is 10.9 Å². The van der Waals surface area contributed by atoms with E-state index < -0.39 is 0 Å². The van der Waals surface area contributed by atoms with Gasteiger partial charge < -0.3 is 4.98 Å². The molecule has 0 bridgehead atoms. The molecular weight excluding hydrogens is 184 g/mol. The van der Waals surface area contributed by atoms with E-state index in [9.17, 15) is 0 Å². The van der Waals surface area contributed by atoms with Crippen LogP contribution in [-0.2, 0) is 0 Å². The van der Waals surface area contributed by atoms with Gasteiger partial charge in [0.15, 0.2) is 5.15 Å². The van der Waals surface area contributed by atoms with Crippen molar-refractivity contribution in [2.24, 2.45) is 0 Å². The smallest absolute Gasteiger partial charge is 0.153 e. The predicted molar refractivity (Wildman–Crippen MR) is 57.2 cm³/mol. The fraction of sp³-hybridized carbons (Fsp3) is 0.300. The van der Waals surface area contributed by atoms with Crippen molar-refractivity contribution in [3.8, 4) is 0 Å². The van der Waals surface area contributed by atoms with Crippen molar-refractivity contribution in [2.75, 3.05) is 0 Å². The van der Waals surface area contributed by atoms with E-state index in [0.717, 1.165) is 16.5 Å². The molecule has 0 aliphatic carbocycles. The van der Waals surface area contributed by atoms with Gasteiger partial charge in [-0.05, 0) is 18.6 Å². The Hall–Kier alpha value is -1.02. The van der Waals surface area contributed by atoms with E-state index in [1.165, 1.54) is 0 Å². The lowest BCUT2D eigenvalue weighted by atomic mass is 10.2. The maximum atomic E-state index is 5.83. The number of H-pyrrole nitrogens is 1. The Labute approximate surface area is 82.9 Å². The van der Waals surface area contributed by atoms with Crippen LogP contribution in [0.15, 0.2) is 18.5 Å². The first kappa shape index (κ1) is 10.1. The molecular formula is C10H13ClN2. The summed E-state index contributed by atoms with van der Waals surface area (Å²) in [6.45, 7) is 6.01. The number of fused-ring (bicyclic) bond motifs is 1. The fourth-order valence-electron chi connectivity index (χ4n) is 1.16. The zero-order valence-corrected chi connectivity index (χ0v) is 8.81. The molecule has 0 aliphatic rings. The monoisotopic (exact) mass is 196 g/mol. The van der Waals surface area contributed by atoms with Crippen LogP contribution in [0, 0.1) is 6.92 Å². The molecule has 0 saturated heterocycles. The maximum Gasteiger partial charge on any atom is 0.153 e. The number of hydrogen-bond donors (Lipinski definition) is 1. The second-order valence-corrected chi connectivity index (χ2v) is 2.86. The molecule has 0 aliphatic heterocycles. The topological polar surface area (TPSA) is 28.7 Å². The van der Waals surface area contributed by atoms with Crippen LogP contribution in [0.2, 0.25) is 5.15 Å². The highest BCUT2D eigenvalue weighted by molar-refractivity contribution is 6.33. The molecule has 1 N–H and O–H groups in total. The van der Waals surface area contributed by atoms with Gasteiger partial charge in [0, 0.05) is 17.8 Å². The van der Waals surface area contributed by atoms with Crippen molar-refractivity contribution in [2.45, 2.75) is 20.8 Å².